The van der Waals surface area contributed by atoms with E-state index in [0.717, 1.165) is 4.47 Å². The highest BCUT2D eigenvalue weighted by molar-refractivity contribution is 9.10. The normalized spacial score (nSPS) is 17.3. The Labute approximate surface area is 135 Å². The van der Waals surface area contributed by atoms with Gasteiger partial charge >= 0.3 is 6.09 Å². The van der Waals surface area contributed by atoms with E-state index in [0.29, 0.717) is 19.1 Å². The monoisotopic (exact) mass is 354 g/mol. The van der Waals surface area contributed by atoms with Gasteiger partial charge in [0.1, 0.15) is 5.60 Å². The molecule has 1 aromatic carbocycles. The maximum atomic E-state index is 11.9. The molecule has 1 unspecified atom stereocenters. The molecule has 0 radical (unpaired) electrons. The van der Waals surface area contributed by atoms with Crippen LogP contribution in [0.2, 0.25) is 0 Å². The fraction of sp³-hybridized carbons (Fsp3) is 0.562. The number of nitrogens with one attached hydrogen (secondary N) is 1. The van der Waals surface area contributed by atoms with Gasteiger partial charge in [-0.2, -0.15) is 0 Å². The van der Waals surface area contributed by atoms with Gasteiger partial charge < -0.3 is 15.0 Å². The molecule has 0 bridgehead atoms. The fourth-order valence-corrected chi connectivity index (χ4v) is 2.70. The number of nitrogens with zero attached hydrogens (tertiary/aromatic N) is 1. The molecule has 5 heteroatoms. The maximum absolute atomic E-state index is 11.9. The van der Waals surface area contributed by atoms with Crippen molar-refractivity contribution in [1.29, 1.82) is 0 Å². The second-order valence-electron chi connectivity index (χ2n) is 6.53. The largest absolute Gasteiger partial charge is 0.444 e. The minimum Gasteiger partial charge on any atom is -0.444 e. The summed E-state index contributed by atoms with van der Waals surface area (Å²) in [7, 11) is 0. The summed E-state index contributed by atoms with van der Waals surface area (Å²) in [4.78, 5) is 13.6. The molecule has 0 aromatic heterocycles. The summed E-state index contributed by atoms with van der Waals surface area (Å²) in [5, 5.41) is 3.54. The number of benzene rings is 1. The summed E-state index contributed by atoms with van der Waals surface area (Å²) in [6, 6.07) is 8.85. The molecule has 1 saturated heterocycles. The molecule has 1 fully saturated rings. The van der Waals surface area contributed by atoms with Gasteiger partial charge in [0.05, 0.1) is 0 Å². The van der Waals surface area contributed by atoms with Crippen molar-refractivity contribution < 1.29 is 9.53 Å². The molecule has 1 atom stereocenters. The number of carbonyl (C=O) groups is 1. The lowest BCUT2D eigenvalue weighted by atomic mass is 10.0. The summed E-state index contributed by atoms with van der Waals surface area (Å²) in [6.45, 7) is 9.19. The first kappa shape index (κ1) is 16.3. The second-order valence-corrected chi connectivity index (χ2v) is 7.44. The Hall–Kier alpha value is -1.07. The van der Waals surface area contributed by atoms with Gasteiger partial charge in [0.25, 0.3) is 0 Å². The van der Waals surface area contributed by atoms with Crippen molar-refractivity contribution in [2.45, 2.75) is 45.4 Å². The van der Waals surface area contributed by atoms with Crippen molar-refractivity contribution in [2.24, 2.45) is 0 Å². The van der Waals surface area contributed by atoms with E-state index in [-0.39, 0.29) is 12.1 Å². The molecule has 1 aromatic rings. The lowest BCUT2D eigenvalue weighted by molar-refractivity contribution is 0.00434. The van der Waals surface area contributed by atoms with E-state index in [1.807, 2.05) is 32.9 Å². The molecule has 21 heavy (non-hydrogen) atoms. The Morgan fingerprint density at radius 1 is 1.43 bits per heavy atom. The van der Waals surface area contributed by atoms with E-state index >= 15 is 0 Å². The Balaban J connectivity index is 1.79. The molecule has 0 spiro atoms. The number of amides is 1. The van der Waals surface area contributed by atoms with E-state index in [9.17, 15) is 4.79 Å². The highest BCUT2D eigenvalue weighted by Gasteiger charge is 2.34. The van der Waals surface area contributed by atoms with Crippen molar-refractivity contribution in [3.8, 4) is 0 Å². The van der Waals surface area contributed by atoms with E-state index in [1.165, 1.54) is 5.56 Å². The SMILES string of the molecule is CC(NC1CN(C(=O)OC(C)(C)C)C1)c1cccc(Br)c1. The average Bonchev–Trinajstić information content (AvgIpc) is 2.30. The predicted octanol–water partition coefficient (Wildman–Crippen LogP) is 3.72. The summed E-state index contributed by atoms with van der Waals surface area (Å²) in [5.74, 6) is 0. The Morgan fingerprint density at radius 2 is 2.10 bits per heavy atom. The topological polar surface area (TPSA) is 41.6 Å². The standard InChI is InChI=1S/C16H23BrN2O2/c1-11(12-6-5-7-13(17)8-12)18-14-9-19(10-14)15(20)21-16(2,3)4/h5-8,11,14,18H,9-10H2,1-4H3. The lowest BCUT2D eigenvalue weighted by Crippen LogP contribution is -2.60. The third kappa shape index (κ3) is 4.71. The van der Waals surface area contributed by atoms with Crippen LogP contribution >= 0.6 is 15.9 Å². The first-order valence-electron chi connectivity index (χ1n) is 7.24. The van der Waals surface area contributed by atoms with Crippen LogP contribution in [0.4, 0.5) is 4.79 Å². The minimum absolute atomic E-state index is 0.226. The molecule has 4 nitrogen and oxygen atoms in total. The second kappa shape index (κ2) is 6.36. The lowest BCUT2D eigenvalue weighted by Gasteiger charge is -2.41. The van der Waals surface area contributed by atoms with Crippen molar-refractivity contribution in [3.63, 3.8) is 0 Å². The Kier molecular flexibility index (Phi) is 4.94. The highest BCUT2D eigenvalue weighted by atomic mass is 79.9. The number of carbonyl (C=O) groups excluding carboxylic acids is 1. The zero-order valence-corrected chi connectivity index (χ0v) is 14.6. The van der Waals surface area contributed by atoms with Crippen LogP contribution in [0.1, 0.15) is 39.3 Å². The van der Waals surface area contributed by atoms with E-state index in [4.69, 9.17) is 4.74 Å². The molecule has 2 rings (SSSR count). The number of ether oxygens (including phenoxy) is 1. The zero-order chi connectivity index (χ0) is 15.6. The van der Waals surface area contributed by atoms with Gasteiger partial charge in [-0.15, -0.1) is 0 Å². The van der Waals surface area contributed by atoms with Gasteiger partial charge in [0.15, 0.2) is 0 Å². The van der Waals surface area contributed by atoms with Crippen molar-refractivity contribution in [1.82, 2.24) is 10.2 Å². The molecule has 1 aliphatic heterocycles. The smallest absolute Gasteiger partial charge is 0.410 e. The van der Waals surface area contributed by atoms with Gasteiger partial charge in [-0.05, 0) is 45.4 Å². The molecular formula is C16H23BrN2O2. The van der Waals surface area contributed by atoms with Crippen LogP contribution in [0.5, 0.6) is 0 Å². The van der Waals surface area contributed by atoms with Gasteiger partial charge in [0, 0.05) is 29.6 Å². The zero-order valence-electron chi connectivity index (χ0n) is 13.0. The van der Waals surface area contributed by atoms with Crippen LogP contribution < -0.4 is 5.32 Å². The molecular weight excluding hydrogens is 332 g/mol. The van der Waals surface area contributed by atoms with Crippen molar-refractivity contribution >= 4 is 22.0 Å². The predicted molar refractivity (Wildman–Crippen MR) is 87.3 cm³/mol. The molecule has 1 heterocycles. The molecule has 0 aliphatic carbocycles. The van der Waals surface area contributed by atoms with Crippen molar-refractivity contribution in [3.05, 3.63) is 34.3 Å². The van der Waals surface area contributed by atoms with E-state index < -0.39 is 5.60 Å². The molecule has 116 valence electrons. The van der Waals surface area contributed by atoms with Crippen LogP contribution in [0, 0.1) is 0 Å². The quantitative estimate of drug-likeness (QED) is 0.899. The van der Waals surface area contributed by atoms with Gasteiger partial charge in [-0.3, -0.25) is 0 Å². The van der Waals surface area contributed by atoms with Crippen LogP contribution in [-0.2, 0) is 4.74 Å². The van der Waals surface area contributed by atoms with Gasteiger partial charge in [0.2, 0.25) is 0 Å². The number of rotatable bonds is 3. The maximum Gasteiger partial charge on any atom is 0.410 e. The summed E-state index contributed by atoms with van der Waals surface area (Å²) >= 11 is 3.49. The minimum atomic E-state index is -0.431. The molecule has 1 amide bonds. The van der Waals surface area contributed by atoms with E-state index in [2.05, 4.69) is 40.3 Å². The van der Waals surface area contributed by atoms with Crippen LogP contribution in [-0.4, -0.2) is 35.7 Å². The average molecular weight is 355 g/mol. The van der Waals surface area contributed by atoms with Crippen LogP contribution in [0.3, 0.4) is 0 Å². The summed E-state index contributed by atoms with van der Waals surface area (Å²) in [5.41, 5.74) is 0.805. The van der Waals surface area contributed by atoms with E-state index in [1.54, 1.807) is 4.90 Å². The number of hydrogen-bond donors (Lipinski definition) is 1. The van der Waals surface area contributed by atoms with Crippen LogP contribution in [0.25, 0.3) is 0 Å². The van der Waals surface area contributed by atoms with Crippen molar-refractivity contribution in [2.75, 3.05) is 13.1 Å². The van der Waals surface area contributed by atoms with Crippen LogP contribution in [0.15, 0.2) is 28.7 Å². The number of hydrogen-bond acceptors (Lipinski definition) is 3. The highest BCUT2D eigenvalue weighted by Crippen LogP contribution is 2.21. The molecule has 1 N–H and O–H groups in total. The Morgan fingerprint density at radius 3 is 2.67 bits per heavy atom. The first-order valence-corrected chi connectivity index (χ1v) is 8.03. The molecule has 0 saturated carbocycles. The Bertz CT molecular complexity index is 507. The number of halogens is 1. The molecule has 1 aliphatic rings. The first-order chi connectivity index (χ1) is 9.74. The van der Waals surface area contributed by atoms with Gasteiger partial charge in [-0.25, -0.2) is 4.79 Å². The van der Waals surface area contributed by atoms with Gasteiger partial charge in [-0.1, -0.05) is 28.1 Å². The third-order valence-electron chi connectivity index (χ3n) is 3.37. The fourth-order valence-electron chi connectivity index (χ4n) is 2.29. The number of likely N-dealkylation sites (tertiary alicyclic amines) is 1. The third-order valence-corrected chi connectivity index (χ3v) is 3.86. The summed E-state index contributed by atoms with van der Waals surface area (Å²) < 4.78 is 6.43. The summed E-state index contributed by atoms with van der Waals surface area (Å²) in [6.07, 6.45) is -0.226.